The van der Waals surface area contributed by atoms with Gasteiger partial charge in [-0.25, -0.2) is 14.4 Å². The molecule has 3 unspecified atom stereocenters. The summed E-state index contributed by atoms with van der Waals surface area (Å²) in [7, 11) is 0. The molecule has 326 valence electrons. The van der Waals surface area contributed by atoms with Crippen LogP contribution >= 0.6 is 0 Å². The first-order chi connectivity index (χ1) is 26.6. The van der Waals surface area contributed by atoms with Crippen LogP contribution in [-0.2, 0) is 9.47 Å². The van der Waals surface area contributed by atoms with Gasteiger partial charge in [0.2, 0.25) is 0 Å². The van der Waals surface area contributed by atoms with Crippen LogP contribution in [0, 0.1) is 17.3 Å². The summed E-state index contributed by atoms with van der Waals surface area (Å²) in [6.07, 6.45) is 7.31. The van der Waals surface area contributed by atoms with Crippen LogP contribution in [0.4, 0.5) is 0 Å². The van der Waals surface area contributed by atoms with Crippen molar-refractivity contribution in [3.8, 4) is 23.0 Å². The van der Waals surface area contributed by atoms with E-state index in [0.29, 0.717) is 30.1 Å². The molecule has 0 saturated heterocycles. The fourth-order valence-corrected chi connectivity index (χ4v) is 6.75. The summed E-state index contributed by atoms with van der Waals surface area (Å²) in [5.74, 6) is 0.337. The number of phenols is 3. The van der Waals surface area contributed by atoms with Crippen LogP contribution in [0.25, 0.3) is 0 Å². The number of unbranched alkanes of at least 4 members (excludes halogenated alkanes) is 1. The maximum Gasteiger partial charge on any atom is 0.347 e. The maximum absolute atomic E-state index is 12.1. The molecule has 0 aromatic heterocycles. The predicted octanol–water partition coefficient (Wildman–Crippen LogP) is 13.2. The second-order valence-corrected chi connectivity index (χ2v) is 15.6. The minimum Gasteiger partial charge on any atom is -0.507 e. The lowest BCUT2D eigenvalue weighted by Gasteiger charge is -2.38. The van der Waals surface area contributed by atoms with Gasteiger partial charge in [0, 0.05) is 0 Å². The van der Waals surface area contributed by atoms with Gasteiger partial charge in [-0.2, -0.15) is 0 Å². The highest BCUT2D eigenvalue weighted by atomic mass is 16.5. The van der Waals surface area contributed by atoms with Crippen molar-refractivity contribution in [2.75, 3.05) is 6.61 Å². The van der Waals surface area contributed by atoms with E-state index in [0.717, 1.165) is 44.9 Å². The molecule has 0 heterocycles. The summed E-state index contributed by atoms with van der Waals surface area (Å²) in [6, 6.07) is 26.7. The van der Waals surface area contributed by atoms with Crippen molar-refractivity contribution in [2.24, 2.45) is 17.3 Å². The zero-order valence-electron chi connectivity index (χ0n) is 34.0. The second-order valence-electron chi connectivity index (χ2n) is 15.6. The molecule has 3 atom stereocenters. The van der Waals surface area contributed by atoms with Crippen LogP contribution in [0.1, 0.15) is 158 Å². The van der Waals surface area contributed by atoms with Gasteiger partial charge in [-0.3, -0.25) is 0 Å². The molecule has 4 aromatic carbocycles. The number of carbonyl (C=O) groups is 3. The molecule has 1 saturated carbocycles. The number of rotatable bonds is 12. The van der Waals surface area contributed by atoms with Crippen molar-refractivity contribution in [3.63, 3.8) is 0 Å². The van der Waals surface area contributed by atoms with Gasteiger partial charge in [-0.1, -0.05) is 139 Å². The molecule has 0 amide bonds. The zero-order valence-corrected chi connectivity index (χ0v) is 34.0. The van der Waals surface area contributed by atoms with Gasteiger partial charge in [0.25, 0.3) is 0 Å². The molecule has 5 rings (SSSR count). The molecule has 1 fully saturated rings. The summed E-state index contributed by atoms with van der Waals surface area (Å²) in [5, 5.41) is 28.8. The minimum absolute atomic E-state index is 0. The minimum atomic E-state index is -0.560. The predicted molar refractivity (Wildman–Crippen MR) is 240 cm³/mol. The van der Waals surface area contributed by atoms with Gasteiger partial charge in [0.05, 0.1) is 6.61 Å². The first kappa shape index (κ1) is 53.7. The third-order valence-electron chi connectivity index (χ3n) is 9.74. The number of aromatic hydroxyl groups is 3. The Kier molecular flexibility index (Phi) is 24.2. The number of ether oxygens (including phenoxy) is 3. The van der Waals surface area contributed by atoms with E-state index in [1.54, 1.807) is 60.7 Å². The van der Waals surface area contributed by atoms with Gasteiger partial charge >= 0.3 is 17.9 Å². The Morgan fingerprint density at radius 2 is 1.17 bits per heavy atom. The summed E-state index contributed by atoms with van der Waals surface area (Å²) in [6.45, 7) is 15.5. The average molecular weight is 817 g/mol. The summed E-state index contributed by atoms with van der Waals surface area (Å²) >= 11 is 0. The van der Waals surface area contributed by atoms with E-state index in [9.17, 15) is 29.7 Å². The van der Waals surface area contributed by atoms with Crippen LogP contribution in [0.15, 0.2) is 97.1 Å². The molecule has 0 spiro atoms. The Labute approximate surface area is 354 Å². The topological polar surface area (TPSA) is 140 Å². The standard InChI is InChI=1S/C16H22O3.C16H16O3.C15H22O3.3CH4/c1-11-8-12(10-16(2,3)9-11)19-15(18)13-6-4-5-7-14(13)17;1-11(2)12-7-9-13(10-8-12)19-16(18)14-5-3-4-6-15(14)17;1-3-5-8-12(4-2)11-18-15(17)13-9-6-7-10-14(13)16;;;/h4-7,11-12,17H,8-10H2,1-3H3;3-11,17H,1-2H3;6-7,9-10,12,16H,3-5,8,11H2,1-2H3;3*1H4. The quantitative estimate of drug-likeness (QED) is 0.0941. The fourth-order valence-electron chi connectivity index (χ4n) is 6.75. The number of benzene rings is 4. The van der Waals surface area contributed by atoms with E-state index in [4.69, 9.17) is 14.2 Å². The van der Waals surface area contributed by atoms with Crippen molar-refractivity contribution in [1.82, 2.24) is 0 Å². The van der Waals surface area contributed by atoms with Crippen LogP contribution in [0.5, 0.6) is 23.0 Å². The molecule has 0 radical (unpaired) electrons. The Balaban J connectivity index is 0.000000835. The highest BCUT2D eigenvalue weighted by Gasteiger charge is 2.34. The van der Waals surface area contributed by atoms with Gasteiger partial charge in [0.15, 0.2) is 0 Å². The van der Waals surface area contributed by atoms with Crippen LogP contribution < -0.4 is 4.74 Å². The van der Waals surface area contributed by atoms with Crippen LogP contribution in [0.2, 0.25) is 0 Å². The molecular weight excluding hydrogens is 745 g/mol. The lowest BCUT2D eigenvalue weighted by Crippen LogP contribution is -2.34. The summed E-state index contributed by atoms with van der Waals surface area (Å²) < 4.78 is 16.0. The monoisotopic (exact) mass is 817 g/mol. The Morgan fingerprint density at radius 3 is 1.61 bits per heavy atom. The Bertz CT molecular complexity index is 1830. The first-order valence-electron chi connectivity index (χ1n) is 19.7. The molecule has 4 aromatic rings. The lowest BCUT2D eigenvalue weighted by atomic mass is 9.71. The first-order valence-corrected chi connectivity index (χ1v) is 19.7. The lowest BCUT2D eigenvalue weighted by molar-refractivity contribution is -0.00738. The van der Waals surface area contributed by atoms with Gasteiger partial charge in [-0.05, 0) is 103 Å². The van der Waals surface area contributed by atoms with E-state index in [1.165, 1.54) is 29.8 Å². The number of hydrogen-bond acceptors (Lipinski definition) is 9. The number of phenolic OH excluding ortho intramolecular Hbond substituents is 3. The smallest absolute Gasteiger partial charge is 0.347 e. The third-order valence-corrected chi connectivity index (χ3v) is 9.74. The van der Waals surface area contributed by atoms with Crippen LogP contribution in [0.3, 0.4) is 0 Å². The molecule has 9 heteroatoms. The maximum atomic E-state index is 12.1. The molecule has 0 aliphatic heterocycles. The Morgan fingerprint density at radius 1 is 0.695 bits per heavy atom. The largest absolute Gasteiger partial charge is 0.507 e. The summed E-state index contributed by atoms with van der Waals surface area (Å²) in [4.78, 5) is 35.7. The molecule has 9 nitrogen and oxygen atoms in total. The van der Waals surface area contributed by atoms with Crippen molar-refractivity contribution in [1.29, 1.82) is 0 Å². The Hall–Kier alpha value is -5.31. The van der Waals surface area contributed by atoms with E-state index < -0.39 is 17.9 Å². The van der Waals surface area contributed by atoms with Gasteiger partial charge in [0.1, 0.15) is 45.8 Å². The average Bonchev–Trinajstić information content (AvgIpc) is 3.15. The van der Waals surface area contributed by atoms with Crippen molar-refractivity contribution >= 4 is 17.9 Å². The third kappa shape index (κ3) is 18.0. The van der Waals surface area contributed by atoms with Gasteiger partial charge in [-0.15, -0.1) is 0 Å². The van der Waals surface area contributed by atoms with E-state index in [1.807, 2.05) is 12.1 Å². The SMILES string of the molecule is C.C.C.CC(C)c1ccc(OC(=O)c2ccccc2O)cc1.CC1CC(OC(=O)c2ccccc2O)CC(C)(C)C1.CCCCC(CC)COC(=O)c1ccccc1O. The number of hydrogen-bond donors (Lipinski definition) is 3. The molecule has 3 N–H and O–H groups in total. The molecule has 0 bridgehead atoms. The molecule has 1 aliphatic carbocycles. The van der Waals surface area contributed by atoms with Crippen molar-refractivity contribution in [3.05, 3.63) is 119 Å². The van der Waals surface area contributed by atoms with E-state index in [2.05, 4.69) is 48.5 Å². The molecular formula is C50H72O9. The highest BCUT2D eigenvalue weighted by molar-refractivity contribution is 5.94. The zero-order chi connectivity index (χ0) is 41.3. The number of esters is 3. The van der Waals surface area contributed by atoms with Crippen molar-refractivity contribution in [2.45, 2.75) is 128 Å². The van der Waals surface area contributed by atoms with E-state index in [-0.39, 0.29) is 67.7 Å². The number of para-hydroxylation sites is 3. The van der Waals surface area contributed by atoms with Crippen molar-refractivity contribution < 1.29 is 43.9 Å². The van der Waals surface area contributed by atoms with E-state index >= 15 is 0 Å². The van der Waals surface area contributed by atoms with Gasteiger partial charge < -0.3 is 29.5 Å². The number of carbonyl (C=O) groups excluding carboxylic acids is 3. The summed E-state index contributed by atoms with van der Waals surface area (Å²) in [5.41, 5.74) is 2.04. The normalized spacial score (nSPS) is 15.4. The molecule has 59 heavy (non-hydrogen) atoms. The van der Waals surface area contributed by atoms with Crippen LogP contribution in [-0.4, -0.2) is 45.9 Å². The highest BCUT2D eigenvalue weighted by Crippen LogP contribution is 2.40. The second kappa shape index (κ2) is 26.6. The fraction of sp³-hybridized carbons (Fsp3) is 0.460. The molecule has 1 aliphatic rings.